The number of aryl methyl sites for hydroxylation is 4. The molecule has 10 aromatic rings. The number of anilines is 2. The van der Waals surface area contributed by atoms with Gasteiger partial charge in [-0.25, -0.2) is 14.8 Å². The van der Waals surface area contributed by atoms with Crippen LogP contribution in [0.3, 0.4) is 0 Å². The molecule has 8 aromatic heterocycles. The van der Waals surface area contributed by atoms with E-state index in [1.165, 1.54) is 49.2 Å². The number of aromatic nitrogens is 10. The first-order valence-corrected chi connectivity index (χ1v) is 22.8. The lowest BCUT2D eigenvalue weighted by Gasteiger charge is -2.11. The average molecular weight is 929 g/mol. The number of nitrogens with two attached hydrogens (primary N) is 3. The summed E-state index contributed by atoms with van der Waals surface area (Å²) in [5, 5.41) is 29.5. The van der Waals surface area contributed by atoms with Crippen LogP contribution in [0.5, 0.6) is 0 Å². The average Bonchev–Trinajstić information content (AvgIpc) is 3.97. The highest BCUT2D eigenvalue weighted by molar-refractivity contribution is 5.94. The summed E-state index contributed by atoms with van der Waals surface area (Å²) in [6.45, 7) is 9.76. The number of nitrogens with zero attached hydrogens (tertiary/aromatic N) is 10. The second kappa shape index (κ2) is 18.1. The maximum atomic E-state index is 12.8. The van der Waals surface area contributed by atoms with Gasteiger partial charge in [-0.3, -0.25) is 14.2 Å². The minimum atomic E-state index is -0.967. The minimum absolute atomic E-state index is 0.189. The van der Waals surface area contributed by atoms with E-state index in [1.54, 1.807) is 21.8 Å². The van der Waals surface area contributed by atoms with Crippen molar-refractivity contribution in [2.24, 2.45) is 5.73 Å². The molecule has 0 unspecified atom stereocenters. The van der Waals surface area contributed by atoms with E-state index in [-0.39, 0.29) is 11.5 Å². The monoisotopic (exact) mass is 928 g/mol. The standard InChI is InChI=1S/C25H25N7O2.C15H14N4O2.C10H13N3O/c1-14-7-20-23(34-30-24(20)26)15(2)21(14)9-27-25(33)18-8-28-32(11-18)13-19-12-31-10-17(16-3-4-16)5-6-22(31)29-19;20-15(21)12-5-16-19(7-12)9-13-8-18-6-11(10-1-2-10)3-4-14(18)17-13;1-5-3-7-9(14-13-10(7)12)6(2)8(5)4-11/h5-8,10-12,16H,3-4,9,13H2,1-2H3,(H2,26,30)(H,27,33);3-8,10H,1-2,9H2,(H,20,21);3H,4,11H2,1-2H3,(H2,12,13). The summed E-state index contributed by atoms with van der Waals surface area (Å²) >= 11 is 0. The number of carboxylic acids is 1. The molecule has 2 fully saturated rings. The Balaban J connectivity index is 0.000000134. The Morgan fingerprint density at radius 3 is 1.64 bits per heavy atom. The van der Waals surface area contributed by atoms with Gasteiger partial charge in [0.2, 0.25) is 0 Å². The summed E-state index contributed by atoms with van der Waals surface area (Å²) in [6.07, 6.45) is 19.6. The summed E-state index contributed by atoms with van der Waals surface area (Å²) in [6, 6.07) is 12.3. The Morgan fingerprint density at radius 1 is 0.681 bits per heavy atom. The predicted octanol–water partition coefficient (Wildman–Crippen LogP) is 7.37. The molecule has 8 N–H and O–H groups in total. The van der Waals surface area contributed by atoms with Crippen molar-refractivity contribution in [1.29, 1.82) is 0 Å². The molecule has 1 amide bonds. The van der Waals surface area contributed by atoms with Crippen LogP contribution >= 0.6 is 0 Å². The van der Waals surface area contributed by atoms with Crippen molar-refractivity contribution in [3.63, 3.8) is 0 Å². The normalized spacial score (nSPS) is 13.5. The molecule has 0 radical (unpaired) electrons. The Hall–Kier alpha value is -8.32. The summed E-state index contributed by atoms with van der Waals surface area (Å²) in [7, 11) is 0. The number of nitrogen functional groups attached to an aromatic ring is 2. The van der Waals surface area contributed by atoms with Gasteiger partial charge in [0.1, 0.15) is 11.3 Å². The number of nitrogens with one attached hydrogen (secondary N) is 1. The van der Waals surface area contributed by atoms with Gasteiger partial charge in [0, 0.05) is 55.8 Å². The molecule has 12 rings (SSSR count). The molecule has 0 aliphatic heterocycles. The van der Waals surface area contributed by atoms with Crippen molar-refractivity contribution in [3.8, 4) is 0 Å². The number of hydrogen-bond acceptors (Lipinski definition) is 13. The fraction of sp³-hybridized carbons (Fsp3) is 0.280. The molecular formula is C50H52N14O5. The predicted molar refractivity (Wildman–Crippen MR) is 259 cm³/mol. The van der Waals surface area contributed by atoms with Crippen LogP contribution in [0.15, 0.2) is 95.0 Å². The molecule has 2 aromatic carbocycles. The van der Waals surface area contributed by atoms with Gasteiger partial charge >= 0.3 is 5.97 Å². The molecule has 2 saturated carbocycles. The van der Waals surface area contributed by atoms with Gasteiger partial charge in [-0.05, 0) is 128 Å². The van der Waals surface area contributed by atoms with Crippen molar-refractivity contribution >= 4 is 56.7 Å². The van der Waals surface area contributed by atoms with E-state index in [0.29, 0.717) is 60.8 Å². The topological polar surface area (TPSA) is 267 Å². The van der Waals surface area contributed by atoms with E-state index in [2.05, 4.69) is 70.8 Å². The molecule has 0 spiro atoms. The number of carbonyl (C=O) groups excluding carboxylic acids is 1. The van der Waals surface area contributed by atoms with Crippen LogP contribution in [-0.4, -0.2) is 65.6 Å². The number of imidazole rings is 2. The molecule has 2 aliphatic carbocycles. The number of amides is 1. The maximum absolute atomic E-state index is 12.8. The first kappa shape index (κ1) is 44.5. The number of aromatic carboxylic acids is 1. The number of benzene rings is 2. The Morgan fingerprint density at radius 2 is 1.16 bits per heavy atom. The number of pyridine rings is 2. The molecule has 2 aliphatic rings. The van der Waals surface area contributed by atoms with E-state index in [0.717, 1.165) is 72.4 Å². The number of carbonyl (C=O) groups is 2. The summed E-state index contributed by atoms with van der Waals surface area (Å²) in [5.74, 6) is 1.07. The lowest BCUT2D eigenvalue weighted by Crippen LogP contribution is -2.23. The Bertz CT molecular complexity index is 3560. The highest BCUT2D eigenvalue weighted by Gasteiger charge is 2.25. The zero-order valence-electron chi connectivity index (χ0n) is 38.7. The van der Waals surface area contributed by atoms with Gasteiger partial charge in [-0.15, -0.1) is 0 Å². The fourth-order valence-corrected chi connectivity index (χ4v) is 8.82. The molecule has 0 bridgehead atoms. The summed E-state index contributed by atoms with van der Waals surface area (Å²) in [4.78, 5) is 32.8. The van der Waals surface area contributed by atoms with Gasteiger partial charge in [-0.1, -0.05) is 22.4 Å². The first-order valence-electron chi connectivity index (χ1n) is 22.8. The maximum Gasteiger partial charge on any atom is 0.338 e. The number of fused-ring (bicyclic) bond motifs is 4. The van der Waals surface area contributed by atoms with Gasteiger partial charge in [0.05, 0.1) is 58.8 Å². The third-order valence-corrected chi connectivity index (χ3v) is 13.0. The Labute approximate surface area is 394 Å². The zero-order valence-corrected chi connectivity index (χ0v) is 38.7. The lowest BCUT2D eigenvalue weighted by molar-refractivity contribution is 0.0696. The second-order valence-corrected chi connectivity index (χ2v) is 18.0. The van der Waals surface area contributed by atoms with E-state index in [9.17, 15) is 9.59 Å². The molecule has 0 atom stereocenters. The number of rotatable bonds is 11. The van der Waals surface area contributed by atoms with Crippen LogP contribution in [0, 0.1) is 27.7 Å². The van der Waals surface area contributed by atoms with Gasteiger partial charge < -0.3 is 45.5 Å². The first-order chi connectivity index (χ1) is 33.3. The van der Waals surface area contributed by atoms with Crippen molar-refractivity contribution in [1.82, 2.24) is 54.0 Å². The van der Waals surface area contributed by atoms with Crippen LogP contribution in [0.4, 0.5) is 11.6 Å². The van der Waals surface area contributed by atoms with Crippen molar-refractivity contribution in [2.45, 2.75) is 91.4 Å². The van der Waals surface area contributed by atoms with Crippen LogP contribution in [0.25, 0.3) is 33.2 Å². The van der Waals surface area contributed by atoms with Gasteiger partial charge in [0.25, 0.3) is 5.91 Å². The smallest absolute Gasteiger partial charge is 0.338 e. The fourth-order valence-electron chi connectivity index (χ4n) is 8.82. The molecular weight excluding hydrogens is 877 g/mol. The van der Waals surface area contributed by atoms with Crippen molar-refractivity contribution in [2.75, 3.05) is 11.5 Å². The van der Waals surface area contributed by atoms with E-state index < -0.39 is 5.97 Å². The minimum Gasteiger partial charge on any atom is -0.478 e. The molecule has 352 valence electrons. The zero-order chi connectivity index (χ0) is 48.1. The van der Waals surface area contributed by atoms with Crippen molar-refractivity contribution < 1.29 is 23.7 Å². The quantitative estimate of drug-likeness (QED) is 0.0848. The lowest BCUT2D eigenvalue weighted by atomic mass is 10.00. The summed E-state index contributed by atoms with van der Waals surface area (Å²) in [5.41, 5.74) is 31.8. The highest BCUT2D eigenvalue weighted by atomic mass is 16.5. The highest BCUT2D eigenvalue weighted by Crippen LogP contribution is 2.41. The largest absolute Gasteiger partial charge is 0.478 e. The Kier molecular flexibility index (Phi) is 11.6. The van der Waals surface area contributed by atoms with Crippen LogP contribution in [0.2, 0.25) is 0 Å². The molecule has 0 saturated heterocycles. The molecule has 19 heteroatoms. The molecule has 8 heterocycles. The molecule has 69 heavy (non-hydrogen) atoms. The second-order valence-electron chi connectivity index (χ2n) is 18.0. The molecule has 19 nitrogen and oxygen atoms in total. The van der Waals surface area contributed by atoms with Crippen LogP contribution < -0.4 is 22.5 Å². The third-order valence-electron chi connectivity index (χ3n) is 13.0. The summed E-state index contributed by atoms with van der Waals surface area (Å²) < 4.78 is 17.9. The van der Waals surface area contributed by atoms with E-state index in [1.807, 2.05) is 62.7 Å². The van der Waals surface area contributed by atoms with Crippen LogP contribution in [0.1, 0.15) is 114 Å². The third kappa shape index (κ3) is 9.23. The van der Waals surface area contributed by atoms with E-state index >= 15 is 0 Å². The van der Waals surface area contributed by atoms with E-state index in [4.69, 9.17) is 31.4 Å². The number of carboxylic acid groups (broad SMARTS) is 1. The number of hydrogen-bond donors (Lipinski definition) is 5. The van der Waals surface area contributed by atoms with Gasteiger partial charge in [-0.2, -0.15) is 10.2 Å². The SMILES string of the molecule is Cc1cc2c(N)noc2c(C)c1CN.Cc1cc2c(N)noc2c(C)c1CNC(=O)c1cnn(Cc2cn3cc(C4CC4)ccc3n2)c1.O=C(O)c1cnn(Cc2cn3cc(C4CC4)ccc3n2)c1. The van der Waals surface area contributed by atoms with Crippen molar-refractivity contribution in [3.05, 3.63) is 153 Å². The van der Waals surface area contributed by atoms with Gasteiger partial charge in [0.15, 0.2) is 22.8 Å². The van der Waals surface area contributed by atoms with Crippen LogP contribution in [-0.2, 0) is 26.2 Å².